The summed E-state index contributed by atoms with van der Waals surface area (Å²) in [6, 6.07) is 0. The molecule has 0 saturated heterocycles. The molecule has 0 radical (unpaired) electrons. The number of nitrogens with zero attached hydrogens (tertiary/aromatic N) is 1. The third-order valence-corrected chi connectivity index (χ3v) is 4.29. The van der Waals surface area contributed by atoms with Gasteiger partial charge in [0.05, 0.1) is 25.9 Å². The van der Waals surface area contributed by atoms with Crippen LogP contribution in [0.3, 0.4) is 0 Å². The van der Waals surface area contributed by atoms with Crippen molar-refractivity contribution in [1.82, 2.24) is 0 Å². The van der Waals surface area contributed by atoms with Gasteiger partial charge in [-0.05, 0) is 25.8 Å². The number of aliphatic hydroxyl groups is 1. The molecule has 0 aromatic heterocycles. The van der Waals surface area contributed by atoms with Gasteiger partial charge in [0.25, 0.3) is 0 Å². The van der Waals surface area contributed by atoms with Crippen LogP contribution in [0.2, 0.25) is 0 Å². The zero-order chi connectivity index (χ0) is 18.6. The molecule has 0 spiro atoms. The molecule has 0 bridgehead atoms. The van der Waals surface area contributed by atoms with E-state index in [4.69, 9.17) is 0 Å². The van der Waals surface area contributed by atoms with Crippen molar-refractivity contribution in [3.05, 3.63) is 12.3 Å². The van der Waals surface area contributed by atoms with Crippen LogP contribution in [-0.2, 0) is 9.59 Å². The molecule has 0 heterocycles. The van der Waals surface area contributed by atoms with Crippen molar-refractivity contribution in [2.24, 2.45) is 11.8 Å². The molecule has 0 amide bonds. The number of carboxylic acid groups (broad SMARTS) is 2. The summed E-state index contributed by atoms with van der Waals surface area (Å²) in [5.41, 5.74) is 0. The van der Waals surface area contributed by atoms with Crippen molar-refractivity contribution in [3.63, 3.8) is 0 Å². The topological polar surface area (TPSA) is 97.7 Å². The van der Waals surface area contributed by atoms with E-state index in [1.54, 1.807) is 13.8 Å². The number of aliphatic carboxylic acids is 2. The number of unbranched alkanes of at least 4 members (excludes halogenated alkanes) is 4. The summed E-state index contributed by atoms with van der Waals surface area (Å²) in [6.07, 6.45) is 9.26. The number of rotatable bonds is 14. The second-order valence-corrected chi connectivity index (χ2v) is 6.72. The molecule has 0 fully saturated rings. The third kappa shape index (κ3) is 11.8. The minimum absolute atomic E-state index is 0. The van der Waals surface area contributed by atoms with Crippen LogP contribution < -0.4 is 34.7 Å². The molecule has 0 aliphatic carbocycles. The fourth-order valence-electron chi connectivity index (χ4n) is 2.88. The molecule has 0 saturated carbocycles. The number of quaternary nitrogens is 1. The standard InChI is InChI=1S/C18H33NO5.Na/c1-4-5-6-7-8-9-10-19(11-12-20,13-15(2)17(21)22)14-16(3)18(23)24;/h9-10,15-16,20H,4-8,11-14H2,1-3H3,(H-,21,22,23,24);/q;+1/b10-9+;. The average Bonchev–Trinajstić information content (AvgIpc) is 2.50. The minimum Gasteiger partial charge on any atom is -0.550 e. The first-order chi connectivity index (χ1) is 11.3. The SMILES string of the molecule is CCCCCC/C=C/[N+](CCO)(CC(C)C(=O)[O-])CC(C)C(=O)O.[Na+]. The van der Waals surface area contributed by atoms with Crippen molar-refractivity contribution in [3.8, 4) is 0 Å². The molecule has 3 atom stereocenters. The molecule has 140 valence electrons. The van der Waals surface area contributed by atoms with Crippen LogP contribution in [0.1, 0.15) is 52.9 Å². The molecular weight excluding hydrogens is 333 g/mol. The van der Waals surface area contributed by atoms with Gasteiger partial charge in [0, 0.05) is 11.9 Å². The van der Waals surface area contributed by atoms with E-state index in [-0.39, 0.29) is 53.7 Å². The summed E-state index contributed by atoms with van der Waals surface area (Å²) in [7, 11) is 0. The summed E-state index contributed by atoms with van der Waals surface area (Å²) < 4.78 is 0.146. The maximum atomic E-state index is 11.2. The van der Waals surface area contributed by atoms with Crippen molar-refractivity contribution in [2.45, 2.75) is 52.9 Å². The second-order valence-electron chi connectivity index (χ2n) is 6.72. The molecule has 25 heavy (non-hydrogen) atoms. The van der Waals surface area contributed by atoms with Crippen molar-refractivity contribution >= 4 is 11.9 Å². The fraction of sp³-hybridized carbons (Fsp3) is 0.778. The normalized spacial score (nSPS) is 16.0. The van der Waals surface area contributed by atoms with E-state index >= 15 is 0 Å². The Morgan fingerprint density at radius 2 is 1.72 bits per heavy atom. The van der Waals surface area contributed by atoms with Crippen LogP contribution in [0.15, 0.2) is 12.3 Å². The zero-order valence-electron chi connectivity index (χ0n) is 16.2. The quantitative estimate of drug-likeness (QED) is 0.219. The van der Waals surface area contributed by atoms with Crippen LogP contribution in [0, 0.1) is 11.8 Å². The first-order valence-corrected chi connectivity index (χ1v) is 8.86. The molecular formula is C18H33NNaO5+. The smallest absolute Gasteiger partial charge is 0.550 e. The maximum absolute atomic E-state index is 11.2. The summed E-state index contributed by atoms with van der Waals surface area (Å²) >= 11 is 0. The second kappa shape index (κ2) is 14.7. The van der Waals surface area contributed by atoms with E-state index < -0.39 is 23.8 Å². The maximum Gasteiger partial charge on any atom is 1.00 e. The van der Waals surface area contributed by atoms with Gasteiger partial charge in [-0.25, -0.2) is 0 Å². The van der Waals surface area contributed by atoms with E-state index in [1.807, 2.05) is 12.3 Å². The predicted octanol–water partition coefficient (Wildman–Crippen LogP) is -1.61. The van der Waals surface area contributed by atoms with E-state index in [2.05, 4.69) is 6.92 Å². The van der Waals surface area contributed by atoms with Crippen molar-refractivity contribution in [1.29, 1.82) is 0 Å². The van der Waals surface area contributed by atoms with Crippen molar-refractivity contribution < 1.29 is 58.9 Å². The Morgan fingerprint density at radius 3 is 2.20 bits per heavy atom. The van der Waals surface area contributed by atoms with Gasteiger partial charge in [0.2, 0.25) is 0 Å². The van der Waals surface area contributed by atoms with Gasteiger partial charge in [-0.2, -0.15) is 0 Å². The van der Waals surface area contributed by atoms with Crippen LogP contribution in [0.5, 0.6) is 0 Å². The van der Waals surface area contributed by atoms with E-state index in [9.17, 15) is 24.9 Å². The van der Waals surface area contributed by atoms with E-state index in [0.29, 0.717) is 6.54 Å². The Morgan fingerprint density at radius 1 is 1.12 bits per heavy atom. The van der Waals surface area contributed by atoms with Crippen LogP contribution in [0.4, 0.5) is 0 Å². The van der Waals surface area contributed by atoms with Gasteiger partial charge in [-0.15, -0.1) is 0 Å². The molecule has 0 aromatic rings. The Balaban J connectivity index is 0. The number of hydrogen-bond acceptors (Lipinski definition) is 4. The molecule has 0 aromatic carbocycles. The Bertz CT molecular complexity index is 392. The summed E-state index contributed by atoms with van der Waals surface area (Å²) in [6.45, 7) is 5.93. The molecule has 0 aliphatic heterocycles. The largest absolute Gasteiger partial charge is 1.00 e. The fourth-order valence-corrected chi connectivity index (χ4v) is 2.88. The molecule has 2 N–H and O–H groups in total. The van der Waals surface area contributed by atoms with Gasteiger partial charge in [-0.3, -0.25) is 9.28 Å². The number of aliphatic hydroxyl groups excluding tert-OH is 1. The average molecular weight is 366 g/mol. The summed E-state index contributed by atoms with van der Waals surface area (Å²) in [5, 5.41) is 29.7. The number of carbonyl (C=O) groups excluding carboxylic acids is 1. The first-order valence-electron chi connectivity index (χ1n) is 8.86. The van der Waals surface area contributed by atoms with Gasteiger partial charge in [0.1, 0.15) is 12.5 Å². The zero-order valence-corrected chi connectivity index (χ0v) is 18.2. The molecule has 6 nitrogen and oxygen atoms in total. The predicted molar refractivity (Wildman–Crippen MR) is 90.8 cm³/mol. The number of allylic oxidation sites excluding steroid dienone is 1. The van der Waals surface area contributed by atoms with Gasteiger partial charge < -0.3 is 20.1 Å². The number of carbonyl (C=O) groups is 2. The molecule has 0 rings (SSSR count). The van der Waals surface area contributed by atoms with Crippen LogP contribution in [-0.4, -0.2) is 52.9 Å². The number of hydrogen-bond donors (Lipinski definition) is 2. The van der Waals surface area contributed by atoms with E-state index in [0.717, 1.165) is 25.7 Å². The minimum atomic E-state index is -1.16. The summed E-state index contributed by atoms with van der Waals surface area (Å²) in [4.78, 5) is 22.3. The first kappa shape index (κ1) is 26.8. The molecule has 0 aliphatic rings. The van der Waals surface area contributed by atoms with Gasteiger partial charge in [0.15, 0.2) is 0 Å². The van der Waals surface area contributed by atoms with Gasteiger partial charge in [-0.1, -0.05) is 33.1 Å². The monoisotopic (exact) mass is 366 g/mol. The molecule has 7 heteroatoms. The Hall–Kier alpha value is -0.400. The third-order valence-electron chi connectivity index (χ3n) is 4.29. The summed E-state index contributed by atoms with van der Waals surface area (Å²) in [5.74, 6) is -3.43. The van der Waals surface area contributed by atoms with E-state index in [1.165, 1.54) is 6.42 Å². The van der Waals surface area contributed by atoms with Crippen LogP contribution in [0.25, 0.3) is 0 Å². The van der Waals surface area contributed by atoms with Crippen LogP contribution >= 0.6 is 0 Å². The van der Waals surface area contributed by atoms with Crippen molar-refractivity contribution in [2.75, 3.05) is 26.2 Å². The Labute approximate surface area is 173 Å². The van der Waals surface area contributed by atoms with Gasteiger partial charge >= 0.3 is 35.5 Å². The molecule has 3 unspecified atom stereocenters. The Kier molecular flexibility index (Phi) is 15.8. The number of carboxylic acids is 2.